The van der Waals surface area contributed by atoms with Crippen LogP contribution >= 0.6 is 0 Å². The van der Waals surface area contributed by atoms with Gasteiger partial charge in [-0.2, -0.15) is 0 Å². The molecule has 1 saturated heterocycles. The Hall–Kier alpha value is -3.05. The predicted molar refractivity (Wildman–Crippen MR) is 127 cm³/mol. The number of rotatable bonds is 7. The van der Waals surface area contributed by atoms with Crippen molar-refractivity contribution in [1.82, 2.24) is 10.2 Å². The lowest BCUT2D eigenvalue weighted by Gasteiger charge is -2.36. The van der Waals surface area contributed by atoms with E-state index in [2.05, 4.69) is 58.4 Å². The van der Waals surface area contributed by atoms with Crippen LogP contribution in [-0.4, -0.2) is 50.1 Å². The van der Waals surface area contributed by atoms with Gasteiger partial charge in [0.1, 0.15) is 5.75 Å². The van der Waals surface area contributed by atoms with E-state index in [-0.39, 0.29) is 11.9 Å². The van der Waals surface area contributed by atoms with Gasteiger partial charge < -0.3 is 15.0 Å². The first kappa shape index (κ1) is 21.2. The van der Waals surface area contributed by atoms with Gasteiger partial charge in [0.05, 0.1) is 24.9 Å². The molecule has 0 aromatic heterocycles. The molecule has 1 fully saturated rings. The summed E-state index contributed by atoms with van der Waals surface area (Å²) >= 11 is 0. The van der Waals surface area contributed by atoms with Gasteiger partial charge in [0.2, 0.25) is 5.91 Å². The molecule has 1 heterocycles. The second-order valence-corrected chi connectivity index (χ2v) is 8.02. The number of carbonyl (C=O) groups excluding carboxylic acids is 1. The minimum Gasteiger partial charge on any atom is -0.492 e. The molecule has 31 heavy (non-hydrogen) atoms. The number of piperazine rings is 1. The van der Waals surface area contributed by atoms with Crippen molar-refractivity contribution in [2.45, 2.75) is 19.9 Å². The van der Waals surface area contributed by atoms with Gasteiger partial charge in [-0.15, -0.1) is 0 Å². The van der Waals surface area contributed by atoms with Crippen molar-refractivity contribution in [3.8, 4) is 5.75 Å². The third kappa shape index (κ3) is 5.00. The van der Waals surface area contributed by atoms with Crippen molar-refractivity contribution in [3.63, 3.8) is 0 Å². The zero-order chi connectivity index (χ0) is 21.6. The molecule has 0 bridgehead atoms. The van der Waals surface area contributed by atoms with Crippen molar-refractivity contribution in [1.29, 1.82) is 0 Å². The van der Waals surface area contributed by atoms with Crippen LogP contribution in [0.4, 0.5) is 5.69 Å². The van der Waals surface area contributed by atoms with Gasteiger partial charge in [-0.3, -0.25) is 9.69 Å². The van der Waals surface area contributed by atoms with Crippen molar-refractivity contribution in [2.75, 3.05) is 44.2 Å². The van der Waals surface area contributed by atoms with Gasteiger partial charge in [-0.25, -0.2) is 0 Å². The first-order valence-electron chi connectivity index (χ1n) is 11.1. The van der Waals surface area contributed by atoms with Gasteiger partial charge in [0.25, 0.3) is 0 Å². The molecular weight excluding hydrogens is 386 g/mol. The molecule has 1 aliphatic heterocycles. The molecule has 3 aromatic carbocycles. The summed E-state index contributed by atoms with van der Waals surface area (Å²) in [6.45, 7) is 8.64. The van der Waals surface area contributed by atoms with Crippen molar-refractivity contribution >= 4 is 22.4 Å². The molecule has 162 valence electrons. The average Bonchev–Trinajstić information content (AvgIpc) is 2.80. The number of para-hydroxylation sites is 2. The molecule has 0 aliphatic carbocycles. The molecule has 5 heteroatoms. The van der Waals surface area contributed by atoms with E-state index >= 15 is 0 Å². The Morgan fingerprint density at radius 3 is 2.48 bits per heavy atom. The molecule has 0 saturated carbocycles. The first-order valence-corrected chi connectivity index (χ1v) is 11.1. The summed E-state index contributed by atoms with van der Waals surface area (Å²) in [5.41, 5.74) is 2.29. The summed E-state index contributed by atoms with van der Waals surface area (Å²) in [7, 11) is 0. The highest BCUT2D eigenvalue weighted by molar-refractivity contribution is 5.87. The second-order valence-electron chi connectivity index (χ2n) is 8.02. The van der Waals surface area contributed by atoms with E-state index < -0.39 is 0 Å². The number of hydrogen-bond donors (Lipinski definition) is 1. The van der Waals surface area contributed by atoms with Crippen LogP contribution < -0.4 is 15.0 Å². The fourth-order valence-electron chi connectivity index (χ4n) is 4.34. The van der Waals surface area contributed by atoms with E-state index in [1.165, 1.54) is 10.8 Å². The summed E-state index contributed by atoms with van der Waals surface area (Å²) in [6, 6.07) is 22.7. The fraction of sp³-hybridized carbons (Fsp3) is 0.346. The van der Waals surface area contributed by atoms with E-state index in [9.17, 15) is 4.79 Å². The van der Waals surface area contributed by atoms with Crippen LogP contribution in [0, 0.1) is 0 Å². The van der Waals surface area contributed by atoms with E-state index in [1.807, 2.05) is 37.3 Å². The summed E-state index contributed by atoms with van der Waals surface area (Å²) in [6.07, 6.45) is 0. The number of carbonyl (C=O) groups is 1. The number of ether oxygens (including phenoxy) is 1. The van der Waals surface area contributed by atoms with Crippen molar-refractivity contribution in [3.05, 3.63) is 72.3 Å². The van der Waals surface area contributed by atoms with Crippen molar-refractivity contribution in [2.24, 2.45) is 0 Å². The third-order valence-electron chi connectivity index (χ3n) is 5.91. The second kappa shape index (κ2) is 9.84. The van der Waals surface area contributed by atoms with E-state index in [0.29, 0.717) is 13.2 Å². The van der Waals surface area contributed by atoms with Gasteiger partial charge in [0, 0.05) is 26.2 Å². The van der Waals surface area contributed by atoms with Crippen LogP contribution in [0.25, 0.3) is 10.8 Å². The Morgan fingerprint density at radius 1 is 0.968 bits per heavy atom. The zero-order valence-corrected chi connectivity index (χ0v) is 18.4. The summed E-state index contributed by atoms with van der Waals surface area (Å²) in [4.78, 5) is 17.3. The van der Waals surface area contributed by atoms with E-state index in [4.69, 9.17) is 4.74 Å². The van der Waals surface area contributed by atoms with Crippen LogP contribution in [0.3, 0.4) is 0 Å². The fourth-order valence-corrected chi connectivity index (χ4v) is 4.34. The number of hydrogen-bond acceptors (Lipinski definition) is 4. The monoisotopic (exact) mass is 417 g/mol. The molecule has 0 spiro atoms. The normalized spacial score (nSPS) is 15.6. The molecular formula is C26H31N3O2. The molecule has 5 nitrogen and oxygen atoms in total. The molecule has 1 aliphatic rings. The Bertz CT molecular complexity index is 1020. The molecule has 1 atom stereocenters. The summed E-state index contributed by atoms with van der Waals surface area (Å²) < 4.78 is 5.78. The first-order chi connectivity index (χ1) is 15.2. The van der Waals surface area contributed by atoms with Gasteiger partial charge in [0.15, 0.2) is 0 Å². The number of amides is 1. The highest BCUT2D eigenvalue weighted by Gasteiger charge is 2.22. The molecule has 1 amide bonds. The maximum atomic E-state index is 12.7. The highest BCUT2D eigenvalue weighted by Crippen LogP contribution is 2.29. The van der Waals surface area contributed by atoms with E-state index in [0.717, 1.165) is 43.2 Å². The summed E-state index contributed by atoms with van der Waals surface area (Å²) in [5, 5.41) is 5.58. The number of nitrogens with one attached hydrogen (secondary N) is 1. The number of anilines is 1. The van der Waals surface area contributed by atoms with Gasteiger partial charge in [-0.05, 0) is 42.3 Å². The summed E-state index contributed by atoms with van der Waals surface area (Å²) in [5.74, 6) is 1.00. The van der Waals surface area contributed by atoms with Crippen LogP contribution in [0.1, 0.15) is 25.5 Å². The van der Waals surface area contributed by atoms with Crippen LogP contribution in [0.5, 0.6) is 5.75 Å². The van der Waals surface area contributed by atoms with Gasteiger partial charge in [-0.1, -0.05) is 54.6 Å². The molecule has 4 rings (SSSR count). The largest absolute Gasteiger partial charge is 0.492 e. The van der Waals surface area contributed by atoms with Crippen LogP contribution in [-0.2, 0) is 4.79 Å². The van der Waals surface area contributed by atoms with E-state index in [1.54, 1.807) is 0 Å². The molecule has 0 unspecified atom stereocenters. The minimum atomic E-state index is -0.0297. The molecule has 0 radical (unpaired) electrons. The van der Waals surface area contributed by atoms with Crippen LogP contribution in [0.2, 0.25) is 0 Å². The topological polar surface area (TPSA) is 44.8 Å². The number of fused-ring (bicyclic) bond motifs is 1. The third-order valence-corrected chi connectivity index (χ3v) is 5.91. The smallest absolute Gasteiger partial charge is 0.234 e. The minimum absolute atomic E-state index is 0.0297. The number of nitrogens with zero attached hydrogens (tertiary/aromatic N) is 2. The standard InChI is InChI=1S/C26H31N3O2/c1-3-31-25-14-7-6-13-24(25)29-17-15-28(16-18-29)19-26(30)27-20(2)22-12-8-10-21-9-4-5-11-23(21)22/h4-14,20H,3,15-19H2,1-2H3,(H,27,30)/t20-/m0/s1. The zero-order valence-electron chi connectivity index (χ0n) is 18.4. The Morgan fingerprint density at radius 2 is 1.68 bits per heavy atom. The predicted octanol–water partition coefficient (Wildman–Crippen LogP) is 4.24. The maximum absolute atomic E-state index is 12.7. The Kier molecular flexibility index (Phi) is 6.73. The Balaban J connectivity index is 1.32. The maximum Gasteiger partial charge on any atom is 0.234 e. The quantitative estimate of drug-likeness (QED) is 0.625. The Labute approximate surface area is 184 Å². The van der Waals surface area contributed by atoms with Crippen molar-refractivity contribution < 1.29 is 9.53 Å². The van der Waals surface area contributed by atoms with Crippen LogP contribution in [0.15, 0.2) is 66.7 Å². The highest BCUT2D eigenvalue weighted by atomic mass is 16.5. The SMILES string of the molecule is CCOc1ccccc1N1CCN(CC(=O)N[C@@H](C)c2cccc3ccccc23)CC1. The molecule has 3 aromatic rings. The number of benzene rings is 3. The molecule has 1 N–H and O–H groups in total. The average molecular weight is 418 g/mol. The van der Waals surface area contributed by atoms with Gasteiger partial charge >= 0.3 is 0 Å². The lowest BCUT2D eigenvalue weighted by Crippen LogP contribution is -2.49. The lowest BCUT2D eigenvalue weighted by atomic mass is 10.00. The lowest BCUT2D eigenvalue weighted by molar-refractivity contribution is -0.123.